The third-order valence-corrected chi connectivity index (χ3v) is 2.85. The number of nitrogens with one attached hydrogen (secondary N) is 1. The summed E-state index contributed by atoms with van der Waals surface area (Å²) in [5, 5.41) is 2.80. The molecule has 2 rings (SSSR count). The zero-order valence-corrected chi connectivity index (χ0v) is 10.5. The maximum Gasteiger partial charge on any atom is 0.146 e. The van der Waals surface area contributed by atoms with Gasteiger partial charge in [-0.05, 0) is 37.1 Å². The quantitative estimate of drug-likeness (QED) is 0.908. The van der Waals surface area contributed by atoms with Crippen LogP contribution >= 0.6 is 0 Å². The highest BCUT2D eigenvalue weighted by atomic mass is 19.1. The number of rotatable bonds is 3. The van der Waals surface area contributed by atoms with Crippen molar-refractivity contribution in [1.82, 2.24) is 4.98 Å². The van der Waals surface area contributed by atoms with Crippen molar-refractivity contribution in [2.24, 2.45) is 0 Å². The second-order valence-electron chi connectivity index (χ2n) is 4.38. The Bertz CT molecular complexity index is 599. The number of hydrogen-bond donors (Lipinski definition) is 1. The molecule has 2 aromatic rings. The summed E-state index contributed by atoms with van der Waals surface area (Å²) < 4.78 is 40.1. The van der Waals surface area contributed by atoms with Gasteiger partial charge in [-0.2, -0.15) is 0 Å². The molecular weight excluding hydrogens is 253 g/mol. The van der Waals surface area contributed by atoms with Crippen molar-refractivity contribution in [3.63, 3.8) is 0 Å². The predicted molar refractivity (Wildman–Crippen MR) is 67.3 cm³/mol. The van der Waals surface area contributed by atoms with Crippen LogP contribution in [0.4, 0.5) is 18.9 Å². The van der Waals surface area contributed by atoms with E-state index in [-0.39, 0.29) is 17.3 Å². The summed E-state index contributed by atoms with van der Waals surface area (Å²) in [5.41, 5.74) is 0.836. The van der Waals surface area contributed by atoms with Crippen molar-refractivity contribution in [2.45, 2.75) is 19.9 Å². The summed E-state index contributed by atoms with van der Waals surface area (Å²) in [7, 11) is 0. The molecule has 0 spiro atoms. The fraction of sp³-hybridized carbons (Fsp3) is 0.214. The number of hydrogen-bond acceptors (Lipinski definition) is 2. The molecule has 0 aliphatic heterocycles. The molecule has 0 fully saturated rings. The van der Waals surface area contributed by atoms with E-state index >= 15 is 0 Å². The van der Waals surface area contributed by atoms with Gasteiger partial charge in [0.1, 0.15) is 17.5 Å². The van der Waals surface area contributed by atoms with E-state index in [1.807, 2.05) is 0 Å². The second-order valence-corrected chi connectivity index (χ2v) is 4.38. The Morgan fingerprint density at radius 3 is 2.47 bits per heavy atom. The molecule has 1 N–H and O–H groups in total. The first-order valence-electron chi connectivity index (χ1n) is 5.80. The van der Waals surface area contributed by atoms with Gasteiger partial charge in [0.25, 0.3) is 0 Å². The van der Waals surface area contributed by atoms with Crippen molar-refractivity contribution in [3.05, 3.63) is 59.2 Å². The lowest BCUT2D eigenvalue weighted by Crippen LogP contribution is -2.09. The first-order chi connectivity index (χ1) is 8.97. The van der Waals surface area contributed by atoms with Gasteiger partial charge in [-0.3, -0.25) is 4.98 Å². The summed E-state index contributed by atoms with van der Waals surface area (Å²) in [5.74, 6) is -1.51. The zero-order chi connectivity index (χ0) is 14.0. The molecule has 0 saturated heterocycles. The fourth-order valence-corrected chi connectivity index (χ4v) is 1.74. The molecule has 0 aliphatic rings. The van der Waals surface area contributed by atoms with Gasteiger partial charge in [0.15, 0.2) is 0 Å². The highest BCUT2D eigenvalue weighted by Crippen LogP contribution is 2.24. The van der Waals surface area contributed by atoms with Gasteiger partial charge in [-0.15, -0.1) is 0 Å². The van der Waals surface area contributed by atoms with E-state index in [0.717, 1.165) is 18.3 Å². The number of aryl methyl sites for hydroxylation is 1. The highest BCUT2D eigenvalue weighted by Gasteiger charge is 2.12. The molecule has 0 saturated carbocycles. The van der Waals surface area contributed by atoms with Crippen LogP contribution in [-0.4, -0.2) is 4.98 Å². The molecule has 1 aromatic heterocycles. The number of benzene rings is 1. The summed E-state index contributed by atoms with van der Waals surface area (Å²) in [6, 6.07) is 3.12. The fourth-order valence-electron chi connectivity index (χ4n) is 1.74. The van der Waals surface area contributed by atoms with E-state index < -0.39 is 17.5 Å². The Labute approximate surface area is 109 Å². The van der Waals surface area contributed by atoms with Crippen LogP contribution in [0.3, 0.4) is 0 Å². The third kappa shape index (κ3) is 3.05. The molecule has 1 unspecified atom stereocenters. The van der Waals surface area contributed by atoms with Gasteiger partial charge in [-0.1, -0.05) is 0 Å². The molecule has 0 amide bonds. The predicted octanol–water partition coefficient (Wildman–Crippen LogP) is 3.98. The third-order valence-electron chi connectivity index (χ3n) is 2.85. The van der Waals surface area contributed by atoms with Crippen LogP contribution in [0.15, 0.2) is 30.6 Å². The Kier molecular flexibility index (Phi) is 3.74. The average Bonchev–Trinajstić information content (AvgIpc) is 2.36. The Morgan fingerprint density at radius 1 is 1.05 bits per heavy atom. The van der Waals surface area contributed by atoms with Crippen LogP contribution in [-0.2, 0) is 0 Å². The summed E-state index contributed by atoms with van der Waals surface area (Å²) >= 11 is 0. The SMILES string of the molecule is Cc1cc(F)c(NC(C)c2cncc(F)c2)cc1F. The number of aromatic nitrogens is 1. The van der Waals surface area contributed by atoms with E-state index in [1.165, 1.54) is 19.2 Å². The number of pyridine rings is 1. The largest absolute Gasteiger partial charge is 0.376 e. The molecule has 1 atom stereocenters. The van der Waals surface area contributed by atoms with Crippen molar-refractivity contribution < 1.29 is 13.2 Å². The maximum atomic E-state index is 13.7. The molecule has 19 heavy (non-hydrogen) atoms. The van der Waals surface area contributed by atoms with E-state index in [1.54, 1.807) is 6.92 Å². The van der Waals surface area contributed by atoms with Gasteiger partial charge in [0.2, 0.25) is 0 Å². The molecule has 100 valence electrons. The van der Waals surface area contributed by atoms with E-state index in [2.05, 4.69) is 10.3 Å². The number of halogens is 3. The van der Waals surface area contributed by atoms with E-state index in [0.29, 0.717) is 5.56 Å². The first-order valence-corrected chi connectivity index (χ1v) is 5.80. The molecule has 5 heteroatoms. The summed E-state index contributed by atoms with van der Waals surface area (Å²) in [6.45, 7) is 3.20. The van der Waals surface area contributed by atoms with E-state index in [4.69, 9.17) is 0 Å². The molecule has 0 aliphatic carbocycles. The Balaban J connectivity index is 2.24. The van der Waals surface area contributed by atoms with Crippen molar-refractivity contribution in [1.29, 1.82) is 0 Å². The highest BCUT2D eigenvalue weighted by molar-refractivity contribution is 5.48. The van der Waals surface area contributed by atoms with Crippen LogP contribution < -0.4 is 5.32 Å². The van der Waals surface area contributed by atoms with Gasteiger partial charge in [-0.25, -0.2) is 13.2 Å². The second kappa shape index (κ2) is 5.30. The van der Waals surface area contributed by atoms with Crippen LogP contribution in [0.25, 0.3) is 0 Å². The van der Waals surface area contributed by atoms with Crippen LogP contribution in [0, 0.1) is 24.4 Å². The minimum Gasteiger partial charge on any atom is -0.376 e. The van der Waals surface area contributed by atoms with Crippen LogP contribution in [0.1, 0.15) is 24.1 Å². The van der Waals surface area contributed by atoms with Crippen molar-refractivity contribution >= 4 is 5.69 Å². The van der Waals surface area contributed by atoms with Crippen molar-refractivity contribution in [3.8, 4) is 0 Å². The van der Waals surface area contributed by atoms with Gasteiger partial charge >= 0.3 is 0 Å². The summed E-state index contributed by atoms with van der Waals surface area (Å²) in [6.07, 6.45) is 2.56. The standard InChI is InChI=1S/C14H13F3N2/c1-8-3-13(17)14(5-12(8)16)19-9(2)10-4-11(15)7-18-6-10/h3-7,9,19H,1-2H3. The normalized spacial score (nSPS) is 12.3. The first kappa shape index (κ1) is 13.4. The lowest BCUT2D eigenvalue weighted by atomic mass is 10.1. The molecule has 0 bridgehead atoms. The smallest absolute Gasteiger partial charge is 0.146 e. The Hall–Kier alpha value is -2.04. The molecule has 1 heterocycles. The average molecular weight is 266 g/mol. The van der Waals surface area contributed by atoms with E-state index in [9.17, 15) is 13.2 Å². The van der Waals surface area contributed by atoms with Crippen LogP contribution in [0.2, 0.25) is 0 Å². The van der Waals surface area contributed by atoms with Crippen LogP contribution in [0.5, 0.6) is 0 Å². The molecule has 2 nitrogen and oxygen atoms in total. The molecule has 1 aromatic carbocycles. The van der Waals surface area contributed by atoms with Gasteiger partial charge < -0.3 is 5.32 Å². The van der Waals surface area contributed by atoms with Gasteiger partial charge in [0.05, 0.1) is 17.9 Å². The maximum absolute atomic E-state index is 13.7. The van der Waals surface area contributed by atoms with Crippen molar-refractivity contribution in [2.75, 3.05) is 5.32 Å². The number of nitrogens with zero attached hydrogens (tertiary/aromatic N) is 1. The lowest BCUT2D eigenvalue weighted by molar-refractivity contribution is 0.592. The zero-order valence-electron chi connectivity index (χ0n) is 10.5. The minimum absolute atomic E-state index is 0.0415. The Morgan fingerprint density at radius 2 is 1.79 bits per heavy atom. The molecular formula is C14H13F3N2. The number of anilines is 1. The lowest BCUT2D eigenvalue weighted by Gasteiger charge is -2.16. The monoisotopic (exact) mass is 266 g/mol. The topological polar surface area (TPSA) is 24.9 Å². The molecule has 0 radical (unpaired) electrons. The summed E-state index contributed by atoms with van der Waals surface area (Å²) in [4.78, 5) is 3.72. The van der Waals surface area contributed by atoms with Gasteiger partial charge in [0, 0.05) is 12.3 Å². The minimum atomic E-state index is -0.546.